The fourth-order valence-electron chi connectivity index (χ4n) is 3.64. The molecule has 0 saturated carbocycles. The molecule has 2 aromatic carbocycles. The Hall–Kier alpha value is -3.32. The fourth-order valence-corrected chi connectivity index (χ4v) is 3.64. The number of ether oxygens (including phenoxy) is 1. The van der Waals surface area contributed by atoms with Crippen molar-refractivity contribution >= 4 is 11.9 Å². The molecule has 0 aliphatic carbocycles. The first-order chi connectivity index (χ1) is 14.0. The minimum Gasteiger partial charge on any atom is -0.489 e. The van der Waals surface area contributed by atoms with E-state index >= 15 is 0 Å². The minimum absolute atomic E-state index is 0.178. The van der Waals surface area contributed by atoms with Gasteiger partial charge in [-0.1, -0.05) is 42.5 Å². The SMILES string of the molecule is C[C@@H](O)CN1CC2=C(C1=O)[C@H](c1ccc(OCc3ccccc3)cc1)NC(=O)N2. The molecule has 2 atom stereocenters. The van der Waals surface area contributed by atoms with Crippen LogP contribution in [-0.4, -0.2) is 41.1 Å². The largest absolute Gasteiger partial charge is 0.489 e. The van der Waals surface area contributed by atoms with Crippen molar-refractivity contribution in [3.05, 3.63) is 77.0 Å². The summed E-state index contributed by atoms with van der Waals surface area (Å²) < 4.78 is 5.81. The number of carbonyl (C=O) groups excluding carboxylic acids is 2. The van der Waals surface area contributed by atoms with Gasteiger partial charge in [-0.05, 0) is 30.2 Å². The molecule has 7 heteroatoms. The molecule has 0 fully saturated rings. The van der Waals surface area contributed by atoms with Crippen LogP contribution in [-0.2, 0) is 11.4 Å². The number of β-amino-alcohol motifs (C(OH)–C–C–N with tert-alkyl or cyclic N) is 1. The number of carbonyl (C=O) groups is 2. The zero-order valence-corrected chi connectivity index (χ0v) is 16.1. The van der Waals surface area contributed by atoms with Gasteiger partial charge in [0.25, 0.3) is 5.91 Å². The maximum absolute atomic E-state index is 12.8. The second-order valence-electron chi connectivity index (χ2n) is 7.30. The molecular weight excluding hydrogens is 370 g/mol. The van der Waals surface area contributed by atoms with Gasteiger partial charge in [-0.2, -0.15) is 0 Å². The molecule has 3 amide bonds. The molecule has 150 valence electrons. The number of rotatable bonds is 6. The van der Waals surface area contributed by atoms with Gasteiger partial charge in [0, 0.05) is 6.54 Å². The van der Waals surface area contributed by atoms with Crippen molar-refractivity contribution in [3.63, 3.8) is 0 Å². The van der Waals surface area contributed by atoms with Crippen LogP contribution >= 0.6 is 0 Å². The Morgan fingerprint density at radius 2 is 1.86 bits per heavy atom. The van der Waals surface area contributed by atoms with Crippen molar-refractivity contribution in [1.82, 2.24) is 15.5 Å². The first-order valence-corrected chi connectivity index (χ1v) is 9.56. The number of nitrogens with zero attached hydrogens (tertiary/aromatic N) is 1. The Kier molecular flexibility index (Phi) is 5.22. The van der Waals surface area contributed by atoms with E-state index in [2.05, 4.69) is 10.6 Å². The average molecular weight is 393 g/mol. The summed E-state index contributed by atoms with van der Waals surface area (Å²) in [5, 5.41) is 15.2. The van der Waals surface area contributed by atoms with Crippen LogP contribution in [0.5, 0.6) is 5.75 Å². The molecule has 4 rings (SSSR count). The quantitative estimate of drug-likeness (QED) is 0.701. The molecule has 2 aliphatic heterocycles. The predicted octanol–water partition coefficient (Wildman–Crippen LogP) is 2.10. The molecule has 0 radical (unpaired) electrons. The highest BCUT2D eigenvalue weighted by molar-refractivity contribution is 6.01. The Bertz CT molecular complexity index is 938. The van der Waals surface area contributed by atoms with Gasteiger partial charge in [0.15, 0.2) is 0 Å². The zero-order valence-electron chi connectivity index (χ0n) is 16.1. The van der Waals surface area contributed by atoms with Gasteiger partial charge in [0.2, 0.25) is 0 Å². The van der Waals surface area contributed by atoms with E-state index < -0.39 is 12.1 Å². The van der Waals surface area contributed by atoms with Gasteiger partial charge in [-0.15, -0.1) is 0 Å². The Balaban J connectivity index is 1.50. The molecule has 29 heavy (non-hydrogen) atoms. The third-order valence-corrected chi connectivity index (χ3v) is 4.97. The maximum atomic E-state index is 12.8. The van der Waals surface area contributed by atoms with Crippen LogP contribution in [0.2, 0.25) is 0 Å². The number of nitrogens with one attached hydrogen (secondary N) is 2. The number of amides is 3. The first kappa shape index (κ1) is 19.0. The lowest BCUT2D eigenvalue weighted by atomic mass is 9.96. The van der Waals surface area contributed by atoms with Crippen LogP contribution in [0.1, 0.15) is 24.1 Å². The van der Waals surface area contributed by atoms with E-state index in [9.17, 15) is 14.7 Å². The molecule has 0 aromatic heterocycles. The number of urea groups is 1. The number of hydrogen-bond donors (Lipinski definition) is 3. The lowest BCUT2D eigenvalue weighted by Gasteiger charge is -2.25. The summed E-state index contributed by atoms with van der Waals surface area (Å²) in [6, 6.07) is 16.4. The summed E-state index contributed by atoms with van der Waals surface area (Å²) in [5.74, 6) is 0.531. The number of aliphatic hydroxyl groups excluding tert-OH is 1. The van der Waals surface area contributed by atoms with E-state index in [1.54, 1.807) is 11.8 Å². The molecule has 3 N–H and O–H groups in total. The van der Waals surface area contributed by atoms with Crippen LogP contribution < -0.4 is 15.4 Å². The van der Waals surface area contributed by atoms with Crippen molar-refractivity contribution in [2.45, 2.75) is 25.7 Å². The molecule has 2 aliphatic rings. The molecule has 0 saturated heterocycles. The molecule has 2 aromatic rings. The van der Waals surface area contributed by atoms with Crippen LogP contribution in [0.15, 0.2) is 65.9 Å². The summed E-state index contributed by atoms with van der Waals surface area (Å²) in [7, 11) is 0. The number of hydrogen-bond acceptors (Lipinski definition) is 4. The van der Waals surface area contributed by atoms with Crippen LogP contribution in [0.4, 0.5) is 4.79 Å². The molecule has 2 heterocycles. The monoisotopic (exact) mass is 393 g/mol. The smallest absolute Gasteiger partial charge is 0.319 e. The van der Waals surface area contributed by atoms with E-state index in [-0.39, 0.29) is 18.5 Å². The standard InChI is InChI=1S/C22H23N3O4/c1-14(26)11-25-12-18-19(21(25)27)20(24-22(28)23-18)16-7-9-17(10-8-16)29-13-15-5-3-2-4-6-15/h2-10,14,20,26H,11-13H2,1H3,(H2,23,24,28)/t14-,20+/m1/s1. The van der Waals surface area contributed by atoms with Crippen molar-refractivity contribution in [3.8, 4) is 5.75 Å². The minimum atomic E-state index is -0.636. The molecule has 7 nitrogen and oxygen atoms in total. The second-order valence-corrected chi connectivity index (χ2v) is 7.30. The highest BCUT2D eigenvalue weighted by atomic mass is 16.5. The van der Waals surface area contributed by atoms with E-state index in [0.29, 0.717) is 30.2 Å². The van der Waals surface area contributed by atoms with E-state index in [0.717, 1.165) is 11.1 Å². The molecular formula is C22H23N3O4. The van der Waals surface area contributed by atoms with Crippen LogP contribution in [0, 0.1) is 0 Å². The summed E-state index contributed by atoms with van der Waals surface area (Å²) in [6.45, 7) is 2.61. The Morgan fingerprint density at radius 1 is 1.14 bits per heavy atom. The van der Waals surface area contributed by atoms with Gasteiger partial charge < -0.3 is 25.4 Å². The van der Waals surface area contributed by atoms with Gasteiger partial charge in [-0.3, -0.25) is 4.79 Å². The highest BCUT2D eigenvalue weighted by Gasteiger charge is 2.40. The second kappa shape index (κ2) is 7.97. The first-order valence-electron chi connectivity index (χ1n) is 9.56. The summed E-state index contributed by atoms with van der Waals surface area (Å²) >= 11 is 0. The normalized spacial score (nSPS) is 19.5. The third-order valence-electron chi connectivity index (χ3n) is 4.97. The Labute approximate surface area is 169 Å². The van der Waals surface area contributed by atoms with E-state index in [4.69, 9.17) is 4.74 Å². The van der Waals surface area contributed by atoms with Crippen molar-refractivity contribution in [2.75, 3.05) is 13.1 Å². The predicted molar refractivity (Wildman–Crippen MR) is 107 cm³/mol. The van der Waals surface area contributed by atoms with Crippen molar-refractivity contribution in [2.24, 2.45) is 0 Å². The highest BCUT2D eigenvalue weighted by Crippen LogP contribution is 2.33. The third kappa shape index (κ3) is 4.09. The summed E-state index contributed by atoms with van der Waals surface area (Å²) in [5.41, 5.74) is 2.98. The summed E-state index contributed by atoms with van der Waals surface area (Å²) in [4.78, 5) is 26.5. The Morgan fingerprint density at radius 3 is 2.55 bits per heavy atom. The van der Waals surface area contributed by atoms with Crippen molar-refractivity contribution < 1.29 is 19.4 Å². The molecule has 0 spiro atoms. The van der Waals surface area contributed by atoms with Crippen molar-refractivity contribution in [1.29, 1.82) is 0 Å². The number of aliphatic hydroxyl groups is 1. The average Bonchev–Trinajstić information content (AvgIpc) is 3.01. The van der Waals surface area contributed by atoms with E-state index in [1.807, 2.05) is 54.6 Å². The van der Waals surface area contributed by atoms with Gasteiger partial charge in [-0.25, -0.2) is 4.79 Å². The topological polar surface area (TPSA) is 90.9 Å². The van der Waals surface area contributed by atoms with E-state index in [1.165, 1.54) is 0 Å². The van der Waals surface area contributed by atoms with Gasteiger partial charge in [0.05, 0.1) is 30.0 Å². The van der Waals surface area contributed by atoms with Crippen LogP contribution in [0.3, 0.4) is 0 Å². The van der Waals surface area contributed by atoms with Gasteiger partial charge >= 0.3 is 6.03 Å². The molecule has 0 unspecified atom stereocenters. The van der Waals surface area contributed by atoms with Crippen LogP contribution in [0.25, 0.3) is 0 Å². The molecule has 0 bridgehead atoms. The fraction of sp³-hybridized carbons (Fsp3) is 0.273. The summed E-state index contributed by atoms with van der Waals surface area (Å²) in [6.07, 6.45) is -0.636. The lowest BCUT2D eigenvalue weighted by molar-refractivity contribution is -0.126. The lowest BCUT2D eigenvalue weighted by Crippen LogP contribution is -2.44. The maximum Gasteiger partial charge on any atom is 0.319 e. The number of benzene rings is 2. The zero-order chi connectivity index (χ0) is 20.4. The van der Waals surface area contributed by atoms with Gasteiger partial charge in [0.1, 0.15) is 12.4 Å².